The third kappa shape index (κ3) is 4.45. The van der Waals surface area contributed by atoms with Gasteiger partial charge in [-0.1, -0.05) is 6.07 Å². The standard InChI is InChI=1S/C20H17BrF2N2O3/c1-12-6-18(28-11-14-3-4-15(22)7-17(14)23)19(21)20(27)25(12)9-16-5-2-13(10-26)8-24-16/h2-8,26H,9-11H2,1H3. The van der Waals surface area contributed by atoms with Gasteiger partial charge >= 0.3 is 0 Å². The van der Waals surface area contributed by atoms with Gasteiger partial charge in [0.25, 0.3) is 5.56 Å². The predicted octanol–water partition coefficient (Wildman–Crippen LogP) is 3.71. The number of aromatic nitrogens is 2. The summed E-state index contributed by atoms with van der Waals surface area (Å²) < 4.78 is 34.0. The molecule has 2 aromatic heterocycles. The summed E-state index contributed by atoms with van der Waals surface area (Å²) in [6.45, 7) is 1.76. The normalized spacial score (nSPS) is 10.9. The Balaban J connectivity index is 1.82. The molecule has 0 bridgehead atoms. The molecule has 3 aromatic rings. The molecule has 0 fully saturated rings. The molecule has 1 N–H and O–H groups in total. The Labute approximate surface area is 168 Å². The van der Waals surface area contributed by atoms with Crippen molar-refractivity contribution in [3.05, 3.63) is 91.6 Å². The Kier molecular flexibility index (Phi) is 6.21. The van der Waals surface area contributed by atoms with Crippen molar-refractivity contribution in [3.8, 4) is 5.75 Å². The van der Waals surface area contributed by atoms with Crippen LogP contribution in [0.4, 0.5) is 8.78 Å². The molecule has 5 nitrogen and oxygen atoms in total. The van der Waals surface area contributed by atoms with Crippen LogP contribution in [-0.4, -0.2) is 14.7 Å². The number of pyridine rings is 2. The molecule has 0 aliphatic carbocycles. The van der Waals surface area contributed by atoms with Crippen LogP contribution in [0, 0.1) is 18.6 Å². The first-order valence-electron chi connectivity index (χ1n) is 8.40. The van der Waals surface area contributed by atoms with Gasteiger partial charge in [0.1, 0.15) is 28.5 Å². The van der Waals surface area contributed by atoms with Crippen molar-refractivity contribution in [3.63, 3.8) is 0 Å². The van der Waals surface area contributed by atoms with Gasteiger partial charge in [-0.2, -0.15) is 0 Å². The molecule has 0 amide bonds. The van der Waals surface area contributed by atoms with E-state index in [1.165, 1.54) is 10.6 Å². The van der Waals surface area contributed by atoms with Gasteiger partial charge in [-0.05, 0) is 46.6 Å². The highest BCUT2D eigenvalue weighted by Crippen LogP contribution is 2.24. The van der Waals surface area contributed by atoms with E-state index in [4.69, 9.17) is 9.84 Å². The molecule has 146 valence electrons. The molecule has 8 heteroatoms. The average Bonchev–Trinajstić information content (AvgIpc) is 2.68. The molecule has 0 saturated heterocycles. The second-order valence-electron chi connectivity index (χ2n) is 6.20. The molecule has 0 aliphatic heterocycles. The van der Waals surface area contributed by atoms with Crippen LogP contribution in [0.1, 0.15) is 22.5 Å². The fourth-order valence-electron chi connectivity index (χ4n) is 2.62. The van der Waals surface area contributed by atoms with E-state index in [0.29, 0.717) is 17.0 Å². The summed E-state index contributed by atoms with van der Waals surface area (Å²) in [5.74, 6) is -1.11. The monoisotopic (exact) mass is 450 g/mol. The van der Waals surface area contributed by atoms with Crippen LogP contribution in [0.2, 0.25) is 0 Å². The highest BCUT2D eigenvalue weighted by Gasteiger charge is 2.14. The van der Waals surface area contributed by atoms with Crippen LogP contribution in [0.3, 0.4) is 0 Å². The number of hydrogen-bond donors (Lipinski definition) is 1. The zero-order valence-corrected chi connectivity index (χ0v) is 16.5. The predicted molar refractivity (Wildman–Crippen MR) is 103 cm³/mol. The van der Waals surface area contributed by atoms with E-state index >= 15 is 0 Å². The minimum atomic E-state index is -0.710. The number of ether oxygens (including phenoxy) is 1. The molecular weight excluding hydrogens is 434 g/mol. The maximum absolute atomic E-state index is 13.8. The molecule has 0 atom stereocenters. The first-order chi connectivity index (χ1) is 13.4. The minimum Gasteiger partial charge on any atom is -0.487 e. The van der Waals surface area contributed by atoms with E-state index < -0.39 is 11.6 Å². The number of aryl methyl sites for hydroxylation is 1. The summed E-state index contributed by atoms with van der Waals surface area (Å²) in [7, 11) is 0. The smallest absolute Gasteiger partial charge is 0.269 e. The molecule has 0 spiro atoms. The molecule has 0 radical (unpaired) electrons. The Hall–Kier alpha value is -2.58. The lowest BCUT2D eigenvalue weighted by atomic mass is 10.2. The summed E-state index contributed by atoms with van der Waals surface area (Å²) in [5.41, 5.74) is 1.85. The SMILES string of the molecule is Cc1cc(OCc2ccc(F)cc2F)c(Br)c(=O)n1Cc1ccc(CO)cn1. The maximum Gasteiger partial charge on any atom is 0.269 e. The molecule has 0 unspecified atom stereocenters. The van der Waals surface area contributed by atoms with Crippen LogP contribution < -0.4 is 10.3 Å². The lowest BCUT2D eigenvalue weighted by molar-refractivity contribution is 0.281. The van der Waals surface area contributed by atoms with E-state index in [9.17, 15) is 13.6 Å². The third-order valence-corrected chi connectivity index (χ3v) is 4.93. The van der Waals surface area contributed by atoms with Crippen molar-refractivity contribution < 1.29 is 18.6 Å². The first-order valence-corrected chi connectivity index (χ1v) is 9.19. The second kappa shape index (κ2) is 8.62. The van der Waals surface area contributed by atoms with Crippen molar-refractivity contribution >= 4 is 15.9 Å². The van der Waals surface area contributed by atoms with Crippen LogP contribution in [0.5, 0.6) is 5.75 Å². The van der Waals surface area contributed by atoms with Gasteiger partial charge in [0.2, 0.25) is 0 Å². The number of benzene rings is 1. The summed E-state index contributed by atoms with van der Waals surface area (Å²) >= 11 is 3.24. The molecule has 1 aromatic carbocycles. The summed E-state index contributed by atoms with van der Waals surface area (Å²) in [5, 5.41) is 9.08. The van der Waals surface area contributed by atoms with Gasteiger partial charge in [0.05, 0.1) is 18.8 Å². The highest BCUT2D eigenvalue weighted by atomic mass is 79.9. The van der Waals surface area contributed by atoms with Gasteiger partial charge in [0.15, 0.2) is 0 Å². The first kappa shape index (κ1) is 20.2. The lowest BCUT2D eigenvalue weighted by Crippen LogP contribution is -2.24. The van der Waals surface area contributed by atoms with Crippen molar-refractivity contribution in [2.45, 2.75) is 26.7 Å². The topological polar surface area (TPSA) is 64.3 Å². The highest BCUT2D eigenvalue weighted by molar-refractivity contribution is 9.10. The molecule has 28 heavy (non-hydrogen) atoms. The largest absolute Gasteiger partial charge is 0.487 e. The number of aliphatic hydroxyl groups excluding tert-OH is 1. The summed E-state index contributed by atoms with van der Waals surface area (Å²) in [6, 6.07) is 8.38. The maximum atomic E-state index is 13.8. The van der Waals surface area contributed by atoms with Gasteiger partial charge in [0, 0.05) is 29.6 Å². The van der Waals surface area contributed by atoms with Crippen molar-refractivity contribution in [1.82, 2.24) is 9.55 Å². The van der Waals surface area contributed by atoms with E-state index in [1.807, 2.05) is 0 Å². The fourth-order valence-corrected chi connectivity index (χ4v) is 3.06. The Bertz CT molecular complexity index is 1050. The number of nitrogens with zero attached hydrogens (tertiary/aromatic N) is 2. The zero-order valence-electron chi connectivity index (χ0n) is 15.0. The quantitative estimate of drug-likeness (QED) is 0.621. The van der Waals surface area contributed by atoms with Crippen molar-refractivity contribution in [1.29, 1.82) is 0 Å². The Morgan fingerprint density at radius 2 is 2.00 bits per heavy atom. The molecular formula is C20H17BrF2N2O3. The average molecular weight is 451 g/mol. The number of hydrogen-bond acceptors (Lipinski definition) is 4. The third-order valence-electron chi connectivity index (χ3n) is 4.20. The summed E-state index contributed by atoms with van der Waals surface area (Å²) in [6.07, 6.45) is 1.56. The molecule has 0 aliphatic rings. The Morgan fingerprint density at radius 3 is 2.64 bits per heavy atom. The minimum absolute atomic E-state index is 0.0987. The number of rotatable bonds is 6. The lowest BCUT2D eigenvalue weighted by Gasteiger charge is -2.14. The van der Waals surface area contributed by atoms with Crippen molar-refractivity contribution in [2.24, 2.45) is 0 Å². The Morgan fingerprint density at radius 1 is 1.21 bits per heavy atom. The number of halogens is 3. The van der Waals surface area contributed by atoms with Crippen LogP contribution >= 0.6 is 15.9 Å². The van der Waals surface area contributed by atoms with Crippen LogP contribution in [0.15, 0.2) is 51.9 Å². The molecule has 0 saturated carbocycles. The van der Waals surface area contributed by atoms with Gasteiger partial charge in [-0.3, -0.25) is 9.78 Å². The molecule has 2 heterocycles. The van der Waals surface area contributed by atoms with Crippen LogP contribution in [0.25, 0.3) is 0 Å². The van der Waals surface area contributed by atoms with Gasteiger partial charge in [-0.25, -0.2) is 8.78 Å². The van der Waals surface area contributed by atoms with Crippen LogP contribution in [-0.2, 0) is 19.8 Å². The van der Waals surface area contributed by atoms with Crippen molar-refractivity contribution in [2.75, 3.05) is 0 Å². The summed E-state index contributed by atoms with van der Waals surface area (Å²) in [4.78, 5) is 16.9. The zero-order chi connectivity index (χ0) is 20.3. The van der Waals surface area contributed by atoms with E-state index in [-0.39, 0.29) is 41.1 Å². The van der Waals surface area contributed by atoms with E-state index in [0.717, 1.165) is 12.1 Å². The molecule has 3 rings (SSSR count). The van der Waals surface area contributed by atoms with E-state index in [1.54, 1.807) is 31.3 Å². The number of aliphatic hydroxyl groups is 1. The van der Waals surface area contributed by atoms with Gasteiger partial charge < -0.3 is 14.4 Å². The van der Waals surface area contributed by atoms with E-state index in [2.05, 4.69) is 20.9 Å². The van der Waals surface area contributed by atoms with Gasteiger partial charge in [-0.15, -0.1) is 0 Å². The fraction of sp³-hybridized carbons (Fsp3) is 0.200. The second-order valence-corrected chi connectivity index (χ2v) is 6.99.